The first kappa shape index (κ1) is 31.2. The van der Waals surface area contributed by atoms with Gasteiger partial charge in [0, 0.05) is 15.6 Å². The molecular weight excluding hydrogens is 651 g/mol. The number of hydrogen-bond acceptors (Lipinski definition) is 7. The number of barbiturate groups is 1. The maximum atomic E-state index is 13.4. The minimum atomic E-state index is -0.823. The Bertz CT molecular complexity index is 1560. The van der Waals surface area contributed by atoms with E-state index < -0.39 is 17.8 Å². The number of amides is 4. The monoisotopic (exact) mass is 676 g/mol. The molecule has 9 nitrogen and oxygen atoms in total. The van der Waals surface area contributed by atoms with Crippen molar-refractivity contribution in [2.75, 3.05) is 20.8 Å². The second-order valence-corrected chi connectivity index (χ2v) is 10.8. The number of benzene rings is 3. The maximum absolute atomic E-state index is 13.4. The van der Waals surface area contributed by atoms with Crippen LogP contribution in [0.15, 0.2) is 58.6 Å². The molecule has 1 aliphatic rings. The van der Waals surface area contributed by atoms with Crippen LogP contribution in [-0.2, 0) is 22.7 Å². The number of carbonyl (C=O) groups excluding carboxylic acids is 3. The van der Waals surface area contributed by atoms with Crippen molar-refractivity contribution in [2.45, 2.75) is 26.5 Å². The molecule has 0 atom stereocenters. The van der Waals surface area contributed by atoms with E-state index in [1.807, 2.05) is 6.92 Å². The lowest BCUT2D eigenvalue weighted by molar-refractivity contribution is -0.130. The van der Waals surface area contributed by atoms with Crippen molar-refractivity contribution in [1.29, 1.82) is 0 Å². The molecule has 3 aromatic carbocycles. The van der Waals surface area contributed by atoms with Gasteiger partial charge in [0.2, 0.25) is 0 Å². The number of carbonyl (C=O) groups is 3. The van der Waals surface area contributed by atoms with Gasteiger partial charge in [0.15, 0.2) is 23.0 Å². The van der Waals surface area contributed by atoms with Gasteiger partial charge in [0.05, 0.1) is 31.8 Å². The molecule has 1 N–H and O–H groups in total. The molecule has 0 aromatic heterocycles. The lowest BCUT2D eigenvalue weighted by atomic mass is 10.1. The number of halogens is 3. The van der Waals surface area contributed by atoms with Gasteiger partial charge in [-0.3, -0.25) is 19.8 Å². The third-order valence-electron chi connectivity index (χ3n) is 6.17. The van der Waals surface area contributed by atoms with Crippen LogP contribution in [0.3, 0.4) is 0 Å². The fraction of sp³-hybridized carbons (Fsp3) is 0.233. The standard InChI is InChI=1S/C30H27BrCl2N2O7/c1-4-9-41-24-8-5-17(12-25(24)39-2)15-35-29(37)21(28(36)34-30(35)38)10-18-11-22(31)27(26(13-18)40-3)42-16-19-6-7-20(32)14-23(19)33/h5-8,10-14H,4,9,15-16H2,1-3H3,(H,34,36,38)/b21-10+. The van der Waals surface area contributed by atoms with Crippen LogP contribution < -0.4 is 24.3 Å². The van der Waals surface area contributed by atoms with Gasteiger partial charge in [0.25, 0.3) is 11.8 Å². The highest BCUT2D eigenvalue weighted by molar-refractivity contribution is 9.10. The second kappa shape index (κ2) is 14.0. The van der Waals surface area contributed by atoms with Gasteiger partial charge in [-0.05, 0) is 76.0 Å². The molecule has 1 fully saturated rings. The zero-order valence-corrected chi connectivity index (χ0v) is 26.1. The van der Waals surface area contributed by atoms with Crippen LogP contribution in [0.25, 0.3) is 6.08 Å². The number of imide groups is 2. The third-order valence-corrected chi connectivity index (χ3v) is 7.34. The molecule has 1 saturated heterocycles. The van der Waals surface area contributed by atoms with Gasteiger partial charge in [0.1, 0.15) is 12.2 Å². The number of methoxy groups -OCH3 is 2. The summed E-state index contributed by atoms with van der Waals surface area (Å²) >= 11 is 15.7. The molecule has 1 aliphatic heterocycles. The first-order valence-corrected chi connectivity index (χ1v) is 14.3. The summed E-state index contributed by atoms with van der Waals surface area (Å²) < 4.78 is 23.1. The lowest BCUT2D eigenvalue weighted by Gasteiger charge is -2.26. The molecule has 0 bridgehead atoms. The van der Waals surface area contributed by atoms with Crippen LogP contribution in [-0.4, -0.2) is 43.6 Å². The zero-order chi connectivity index (χ0) is 30.4. The first-order chi connectivity index (χ1) is 20.1. The number of hydrogen-bond donors (Lipinski definition) is 1. The SMILES string of the molecule is CCCOc1ccc(CN2C(=O)NC(=O)/C(=C\c3cc(Br)c(OCc4ccc(Cl)cc4Cl)c(OC)c3)C2=O)cc1OC. The summed E-state index contributed by atoms with van der Waals surface area (Å²) in [5.41, 5.74) is 1.57. The van der Waals surface area contributed by atoms with E-state index >= 15 is 0 Å². The Balaban J connectivity index is 1.57. The Morgan fingerprint density at radius 3 is 2.38 bits per heavy atom. The number of ether oxygens (including phenoxy) is 4. The molecule has 42 heavy (non-hydrogen) atoms. The molecule has 1 heterocycles. The van der Waals surface area contributed by atoms with Crippen molar-refractivity contribution < 1.29 is 33.3 Å². The Morgan fingerprint density at radius 1 is 0.929 bits per heavy atom. The van der Waals surface area contributed by atoms with Crippen LogP contribution in [0, 0.1) is 0 Å². The Kier molecular flexibility index (Phi) is 10.4. The Hall–Kier alpha value is -3.73. The van der Waals surface area contributed by atoms with Crippen LogP contribution in [0.5, 0.6) is 23.0 Å². The van der Waals surface area contributed by atoms with Crippen molar-refractivity contribution in [2.24, 2.45) is 0 Å². The van der Waals surface area contributed by atoms with E-state index in [4.69, 9.17) is 42.1 Å². The van der Waals surface area contributed by atoms with Crippen LogP contribution in [0.4, 0.5) is 4.79 Å². The maximum Gasteiger partial charge on any atom is 0.331 e. The van der Waals surface area contributed by atoms with E-state index in [1.165, 1.54) is 20.3 Å². The average Bonchev–Trinajstić information content (AvgIpc) is 2.96. The summed E-state index contributed by atoms with van der Waals surface area (Å²) in [5.74, 6) is 0.195. The van der Waals surface area contributed by atoms with Crippen molar-refractivity contribution in [3.05, 3.63) is 85.3 Å². The average molecular weight is 678 g/mol. The predicted molar refractivity (Wildman–Crippen MR) is 162 cm³/mol. The molecular formula is C30H27BrCl2N2O7. The largest absolute Gasteiger partial charge is 0.493 e. The van der Waals surface area contributed by atoms with E-state index in [0.29, 0.717) is 55.2 Å². The normalized spacial score (nSPS) is 14.2. The van der Waals surface area contributed by atoms with Gasteiger partial charge in [-0.1, -0.05) is 42.3 Å². The number of nitrogens with zero attached hydrogens (tertiary/aromatic N) is 1. The quantitative estimate of drug-likeness (QED) is 0.176. The lowest BCUT2D eigenvalue weighted by Crippen LogP contribution is -2.53. The topological polar surface area (TPSA) is 103 Å². The fourth-order valence-electron chi connectivity index (χ4n) is 4.08. The minimum absolute atomic E-state index is 0.0905. The predicted octanol–water partition coefficient (Wildman–Crippen LogP) is 6.80. The molecule has 3 aromatic rings. The molecule has 220 valence electrons. The first-order valence-electron chi connectivity index (χ1n) is 12.8. The summed E-state index contributed by atoms with van der Waals surface area (Å²) in [5, 5.41) is 3.20. The molecule has 0 spiro atoms. The smallest absolute Gasteiger partial charge is 0.331 e. The Labute approximate surface area is 261 Å². The fourth-order valence-corrected chi connectivity index (χ4v) is 5.12. The molecule has 4 amide bonds. The van der Waals surface area contributed by atoms with Gasteiger partial charge in [-0.2, -0.15) is 0 Å². The number of urea groups is 1. The summed E-state index contributed by atoms with van der Waals surface area (Å²) in [6, 6.07) is 12.7. The third kappa shape index (κ3) is 7.18. The zero-order valence-electron chi connectivity index (χ0n) is 23.0. The minimum Gasteiger partial charge on any atom is -0.493 e. The van der Waals surface area contributed by atoms with Gasteiger partial charge >= 0.3 is 6.03 Å². The van der Waals surface area contributed by atoms with E-state index in [0.717, 1.165) is 16.9 Å². The van der Waals surface area contributed by atoms with E-state index in [1.54, 1.807) is 48.5 Å². The summed E-state index contributed by atoms with van der Waals surface area (Å²) in [6.07, 6.45) is 2.21. The molecule has 4 rings (SSSR count). The highest BCUT2D eigenvalue weighted by Crippen LogP contribution is 2.38. The van der Waals surface area contributed by atoms with Crippen LogP contribution in [0.1, 0.15) is 30.0 Å². The highest BCUT2D eigenvalue weighted by Gasteiger charge is 2.36. The molecule has 0 unspecified atom stereocenters. The van der Waals surface area contributed by atoms with Crippen LogP contribution in [0.2, 0.25) is 10.0 Å². The summed E-state index contributed by atoms with van der Waals surface area (Å²) in [6.45, 7) is 2.56. The highest BCUT2D eigenvalue weighted by atomic mass is 79.9. The Morgan fingerprint density at radius 2 is 1.69 bits per heavy atom. The van der Waals surface area contributed by atoms with E-state index in [2.05, 4.69) is 21.2 Å². The van der Waals surface area contributed by atoms with Crippen molar-refractivity contribution in [1.82, 2.24) is 10.2 Å². The van der Waals surface area contributed by atoms with Gasteiger partial charge in [-0.25, -0.2) is 4.79 Å². The summed E-state index contributed by atoms with van der Waals surface area (Å²) in [4.78, 5) is 39.7. The number of rotatable bonds is 11. The van der Waals surface area contributed by atoms with Crippen molar-refractivity contribution in [3.8, 4) is 23.0 Å². The van der Waals surface area contributed by atoms with Crippen molar-refractivity contribution >= 4 is 63.1 Å². The van der Waals surface area contributed by atoms with E-state index in [9.17, 15) is 14.4 Å². The summed E-state index contributed by atoms with van der Waals surface area (Å²) in [7, 11) is 2.97. The number of nitrogens with one attached hydrogen (secondary N) is 1. The van der Waals surface area contributed by atoms with Crippen LogP contribution >= 0.6 is 39.1 Å². The molecule has 0 aliphatic carbocycles. The second-order valence-electron chi connectivity index (χ2n) is 9.10. The van der Waals surface area contributed by atoms with Crippen molar-refractivity contribution in [3.63, 3.8) is 0 Å². The van der Waals surface area contributed by atoms with Gasteiger partial charge in [-0.15, -0.1) is 0 Å². The van der Waals surface area contributed by atoms with E-state index in [-0.39, 0.29) is 18.7 Å². The molecule has 12 heteroatoms. The van der Waals surface area contributed by atoms with Gasteiger partial charge < -0.3 is 18.9 Å². The molecule has 0 saturated carbocycles. The molecule has 0 radical (unpaired) electrons.